The summed E-state index contributed by atoms with van der Waals surface area (Å²) in [7, 11) is 0. The number of piperidine rings is 1. The van der Waals surface area contributed by atoms with Gasteiger partial charge in [-0.15, -0.1) is 0 Å². The third-order valence-corrected chi connectivity index (χ3v) is 3.99. The summed E-state index contributed by atoms with van der Waals surface area (Å²) >= 11 is 0. The minimum atomic E-state index is -1.24. The first-order chi connectivity index (χ1) is 11.6. The Labute approximate surface area is 146 Å². The number of carbonyl (C=O) groups is 3. The minimum Gasteiger partial charge on any atom is -0.480 e. The van der Waals surface area contributed by atoms with Gasteiger partial charge >= 0.3 is 12.1 Å². The summed E-state index contributed by atoms with van der Waals surface area (Å²) in [6.45, 7) is 5.20. The van der Waals surface area contributed by atoms with Crippen molar-refractivity contribution in [2.45, 2.75) is 57.2 Å². The second-order valence-electron chi connectivity index (χ2n) is 7.27. The van der Waals surface area contributed by atoms with E-state index >= 15 is 0 Å². The van der Waals surface area contributed by atoms with Gasteiger partial charge in [-0.25, -0.2) is 9.59 Å². The Bertz CT molecular complexity index is 653. The van der Waals surface area contributed by atoms with E-state index in [1.54, 1.807) is 20.8 Å². The van der Waals surface area contributed by atoms with Crippen molar-refractivity contribution in [3.63, 3.8) is 0 Å². The molecular weight excluding hydrogens is 324 g/mol. The summed E-state index contributed by atoms with van der Waals surface area (Å²) in [6, 6.07) is 8.31. The van der Waals surface area contributed by atoms with E-state index in [4.69, 9.17) is 9.84 Å². The molecule has 0 radical (unpaired) electrons. The van der Waals surface area contributed by atoms with Crippen molar-refractivity contribution >= 4 is 18.0 Å². The highest BCUT2D eigenvalue weighted by molar-refractivity contribution is 5.94. The lowest BCUT2D eigenvalue weighted by molar-refractivity contribution is -0.145. The Morgan fingerprint density at radius 3 is 2.48 bits per heavy atom. The molecule has 1 aliphatic rings. The van der Waals surface area contributed by atoms with E-state index in [0.717, 1.165) is 5.56 Å². The fourth-order valence-electron chi connectivity index (χ4n) is 2.83. The van der Waals surface area contributed by atoms with Crippen molar-refractivity contribution in [3.8, 4) is 0 Å². The predicted molar refractivity (Wildman–Crippen MR) is 91.0 cm³/mol. The number of aliphatic carboxylic acids is 1. The number of rotatable bonds is 4. The van der Waals surface area contributed by atoms with E-state index in [2.05, 4.69) is 10.6 Å². The van der Waals surface area contributed by atoms with Gasteiger partial charge in [0.1, 0.15) is 17.2 Å². The molecule has 0 bridgehead atoms. The van der Waals surface area contributed by atoms with Gasteiger partial charge < -0.3 is 20.5 Å². The highest BCUT2D eigenvalue weighted by atomic mass is 16.6. The second kappa shape index (κ2) is 7.13. The number of alkyl carbamates (subject to hydrolysis) is 1. The zero-order chi connectivity index (χ0) is 18.7. The fourth-order valence-corrected chi connectivity index (χ4v) is 2.83. The van der Waals surface area contributed by atoms with Crippen molar-refractivity contribution in [3.05, 3.63) is 35.9 Å². The van der Waals surface area contributed by atoms with Gasteiger partial charge in [0.25, 0.3) is 0 Å². The molecule has 2 amide bonds. The van der Waals surface area contributed by atoms with Gasteiger partial charge in [-0.1, -0.05) is 30.3 Å². The van der Waals surface area contributed by atoms with Crippen LogP contribution in [0.1, 0.15) is 39.2 Å². The van der Waals surface area contributed by atoms with Crippen molar-refractivity contribution in [2.75, 3.05) is 0 Å². The molecule has 0 spiro atoms. The van der Waals surface area contributed by atoms with Gasteiger partial charge in [-0.3, -0.25) is 4.79 Å². The highest BCUT2D eigenvalue weighted by Crippen LogP contribution is 2.26. The molecule has 7 heteroatoms. The molecule has 1 heterocycles. The summed E-state index contributed by atoms with van der Waals surface area (Å²) < 4.78 is 5.28. The summed E-state index contributed by atoms with van der Waals surface area (Å²) in [5.74, 6) is -1.60. The van der Waals surface area contributed by atoms with Gasteiger partial charge in [-0.2, -0.15) is 0 Å². The van der Waals surface area contributed by atoms with Crippen LogP contribution in [0.3, 0.4) is 0 Å². The third-order valence-electron chi connectivity index (χ3n) is 3.99. The molecule has 7 nitrogen and oxygen atoms in total. The Morgan fingerprint density at radius 2 is 1.96 bits per heavy atom. The largest absolute Gasteiger partial charge is 0.480 e. The molecular formula is C18H24N2O5. The van der Waals surface area contributed by atoms with E-state index in [0.29, 0.717) is 0 Å². The summed E-state index contributed by atoms with van der Waals surface area (Å²) in [4.78, 5) is 36.1. The van der Waals surface area contributed by atoms with Crippen LogP contribution in [-0.2, 0) is 20.7 Å². The van der Waals surface area contributed by atoms with Crippen LogP contribution in [0.15, 0.2) is 30.3 Å². The number of carboxylic acids is 1. The van der Waals surface area contributed by atoms with Crippen molar-refractivity contribution in [1.29, 1.82) is 0 Å². The molecule has 3 N–H and O–H groups in total. The molecule has 2 atom stereocenters. The zero-order valence-electron chi connectivity index (χ0n) is 14.7. The van der Waals surface area contributed by atoms with Crippen molar-refractivity contribution in [1.82, 2.24) is 10.6 Å². The van der Waals surface area contributed by atoms with Crippen LogP contribution < -0.4 is 10.6 Å². The fraction of sp³-hybridized carbons (Fsp3) is 0.500. The van der Waals surface area contributed by atoms with E-state index in [9.17, 15) is 14.4 Å². The van der Waals surface area contributed by atoms with Crippen LogP contribution in [0.25, 0.3) is 0 Å². The Kier molecular flexibility index (Phi) is 5.35. The average molecular weight is 348 g/mol. The van der Waals surface area contributed by atoms with E-state index in [1.807, 2.05) is 30.3 Å². The van der Waals surface area contributed by atoms with Gasteiger partial charge in [-0.05, 0) is 39.2 Å². The standard InChI is InChI=1S/C18H24N2O5/c1-17(2,3)25-16(24)20-18(11-12-7-5-4-6-8-12)10-9-13(14(21)22)19-15(18)23/h4-8,13H,9-11H2,1-3H3,(H,19,23)(H,20,24)(H,21,22)/t13-,18+/m1/s1. The lowest BCUT2D eigenvalue weighted by atomic mass is 9.81. The van der Waals surface area contributed by atoms with Crippen LogP contribution in [0.4, 0.5) is 4.79 Å². The lowest BCUT2D eigenvalue weighted by Crippen LogP contribution is -2.66. The van der Waals surface area contributed by atoms with Crippen LogP contribution >= 0.6 is 0 Å². The monoisotopic (exact) mass is 348 g/mol. The molecule has 1 fully saturated rings. The number of amides is 2. The first-order valence-electron chi connectivity index (χ1n) is 8.20. The first kappa shape index (κ1) is 18.8. The first-order valence-corrected chi connectivity index (χ1v) is 8.20. The smallest absolute Gasteiger partial charge is 0.408 e. The van der Waals surface area contributed by atoms with Gasteiger partial charge in [0.2, 0.25) is 5.91 Å². The SMILES string of the molecule is CC(C)(C)OC(=O)N[C@]1(Cc2ccccc2)CC[C@H](C(=O)O)NC1=O. The van der Waals surface area contributed by atoms with E-state index in [-0.39, 0.29) is 19.3 Å². The van der Waals surface area contributed by atoms with E-state index < -0.39 is 35.2 Å². The summed E-state index contributed by atoms with van der Waals surface area (Å²) in [5.41, 5.74) is -1.08. The van der Waals surface area contributed by atoms with Gasteiger partial charge in [0.05, 0.1) is 0 Å². The zero-order valence-corrected chi connectivity index (χ0v) is 14.7. The van der Waals surface area contributed by atoms with Gasteiger partial charge in [0, 0.05) is 6.42 Å². The van der Waals surface area contributed by atoms with Crippen molar-refractivity contribution < 1.29 is 24.2 Å². The number of carbonyl (C=O) groups excluding carboxylic acids is 2. The average Bonchev–Trinajstić information content (AvgIpc) is 2.49. The Balaban J connectivity index is 2.24. The van der Waals surface area contributed by atoms with Crippen LogP contribution in [0.2, 0.25) is 0 Å². The molecule has 1 aliphatic heterocycles. The minimum absolute atomic E-state index is 0.212. The molecule has 25 heavy (non-hydrogen) atoms. The normalized spacial score (nSPS) is 23.5. The molecule has 0 aromatic heterocycles. The van der Waals surface area contributed by atoms with Crippen molar-refractivity contribution in [2.24, 2.45) is 0 Å². The lowest BCUT2D eigenvalue weighted by Gasteiger charge is -2.39. The number of nitrogens with one attached hydrogen (secondary N) is 2. The number of hydrogen-bond donors (Lipinski definition) is 3. The van der Waals surface area contributed by atoms with E-state index in [1.165, 1.54) is 0 Å². The highest BCUT2D eigenvalue weighted by Gasteiger charge is 2.46. The molecule has 136 valence electrons. The summed E-state index contributed by atoms with van der Waals surface area (Å²) in [5, 5.41) is 14.3. The number of hydrogen-bond acceptors (Lipinski definition) is 4. The molecule has 1 aromatic carbocycles. The third kappa shape index (κ3) is 4.95. The molecule has 1 saturated heterocycles. The van der Waals surface area contributed by atoms with Crippen LogP contribution in [0, 0.1) is 0 Å². The number of carboxylic acid groups (broad SMARTS) is 1. The van der Waals surface area contributed by atoms with Crippen LogP contribution in [-0.4, -0.2) is 40.3 Å². The Morgan fingerprint density at radius 1 is 1.32 bits per heavy atom. The quantitative estimate of drug-likeness (QED) is 0.770. The van der Waals surface area contributed by atoms with Gasteiger partial charge in [0.15, 0.2) is 0 Å². The number of ether oxygens (including phenoxy) is 1. The molecule has 1 aromatic rings. The molecule has 0 unspecified atom stereocenters. The van der Waals surface area contributed by atoms with Crippen LogP contribution in [0.5, 0.6) is 0 Å². The molecule has 0 aliphatic carbocycles. The topological polar surface area (TPSA) is 105 Å². The maximum Gasteiger partial charge on any atom is 0.408 e. The summed E-state index contributed by atoms with van der Waals surface area (Å²) in [6.07, 6.45) is -0.00817. The maximum atomic E-state index is 12.7. The number of benzene rings is 1. The molecule has 0 saturated carbocycles. The second-order valence-corrected chi connectivity index (χ2v) is 7.27. The molecule has 2 rings (SSSR count). The predicted octanol–water partition coefficient (Wildman–Crippen LogP) is 1.86. The Hall–Kier alpha value is -2.57. The maximum absolute atomic E-state index is 12.7.